The first kappa shape index (κ1) is 65.8. The first-order valence-electron chi connectivity index (χ1n) is 33.9. The van der Waals surface area contributed by atoms with Crippen molar-refractivity contribution in [2.75, 3.05) is 108 Å². The lowest BCUT2D eigenvalue weighted by molar-refractivity contribution is 0.122. The van der Waals surface area contributed by atoms with Crippen molar-refractivity contribution in [2.45, 2.75) is 33.1 Å². The van der Waals surface area contributed by atoms with E-state index in [4.69, 9.17) is 75.8 Å². The van der Waals surface area contributed by atoms with Crippen LogP contribution in [0.1, 0.15) is 33.5 Å². The Bertz CT molecular complexity index is 4710. The topological polar surface area (TPSA) is 215 Å². The average Bonchev–Trinajstić information content (AvgIpc) is 1.67. The quantitative estimate of drug-likeness (QED) is 0.0932. The molecule has 11 heterocycles. The van der Waals surface area contributed by atoms with Crippen LogP contribution in [0, 0.1) is 18.3 Å². The highest BCUT2D eigenvalue weighted by atomic mass is 16.7. The molecule has 9 aliphatic heterocycles. The molecule has 0 N–H and O–H groups in total. The predicted molar refractivity (Wildman–Crippen MR) is 377 cm³/mol. The summed E-state index contributed by atoms with van der Waals surface area (Å²) in [7, 11) is 6.20. The maximum Gasteiger partial charge on any atom is 0.231 e. The molecule has 0 radical (unpaired) electrons. The van der Waals surface area contributed by atoms with Crippen molar-refractivity contribution in [3.05, 3.63) is 191 Å². The summed E-state index contributed by atoms with van der Waals surface area (Å²) in [4.78, 5) is 14.2. The second-order valence-corrected chi connectivity index (χ2v) is 25.7. The van der Waals surface area contributed by atoms with Gasteiger partial charge in [0.2, 0.25) is 54.3 Å². The van der Waals surface area contributed by atoms with Gasteiger partial charge in [-0.25, -0.2) is 0 Å². The van der Waals surface area contributed by atoms with Crippen molar-refractivity contribution in [1.29, 1.82) is 5.26 Å². The van der Waals surface area contributed by atoms with Gasteiger partial charge in [-0.3, -0.25) is 19.5 Å². The van der Waals surface area contributed by atoms with Crippen LogP contribution in [-0.2, 0) is 33.2 Å². The molecule has 2 aromatic heterocycles. The van der Waals surface area contributed by atoms with E-state index in [9.17, 15) is 5.26 Å². The van der Waals surface area contributed by atoms with E-state index >= 15 is 0 Å². The third-order valence-corrected chi connectivity index (χ3v) is 18.7. The fourth-order valence-corrected chi connectivity index (χ4v) is 13.2. The number of piperazine rings is 1. The Morgan fingerprint density at radius 2 is 0.670 bits per heavy atom. The molecule has 24 nitrogen and oxygen atoms in total. The van der Waals surface area contributed by atoms with Gasteiger partial charge in [0.15, 0.2) is 92.0 Å². The average molecular weight is 1390 g/mol. The van der Waals surface area contributed by atoms with E-state index in [1.807, 2.05) is 122 Å². The third-order valence-electron chi connectivity index (χ3n) is 18.7. The van der Waals surface area contributed by atoms with Crippen molar-refractivity contribution in [2.24, 2.45) is 7.05 Å². The number of hydrogen-bond donors (Lipinski definition) is 0. The molecule has 8 aromatic carbocycles. The van der Waals surface area contributed by atoms with Crippen molar-refractivity contribution >= 4 is 0 Å². The smallest absolute Gasteiger partial charge is 0.231 e. The molecule has 526 valence electrons. The van der Waals surface area contributed by atoms with Gasteiger partial charge in [0.25, 0.3) is 0 Å². The van der Waals surface area contributed by atoms with Gasteiger partial charge in [0.05, 0.1) is 28.3 Å². The Morgan fingerprint density at radius 1 is 0.359 bits per heavy atom. The molecule has 0 amide bonds. The number of aromatic nitrogens is 3. The van der Waals surface area contributed by atoms with E-state index in [1.165, 1.54) is 22.3 Å². The summed E-state index contributed by atoms with van der Waals surface area (Å²) in [5, 5.41) is 14.3. The molecule has 0 atom stereocenters. The number of benzene rings is 8. The van der Waals surface area contributed by atoms with Gasteiger partial charge in [-0.05, 0) is 176 Å². The van der Waals surface area contributed by atoms with Gasteiger partial charge in [0, 0.05) is 94.7 Å². The van der Waals surface area contributed by atoms with Gasteiger partial charge in [0.1, 0.15) is 6.07 Å². The Labute approximate surface area is 594 Å². The van der Waals surface area contributed by atoms with Gasteiger partial charge in [-0.2, -0.15) is 10.4 Å². The molecule has 1 fully saturated rings. The number of nitrogens with zero attached hydrogens (tertiary/aromatic N) is 8. The second kappa shape index (κ2) is 29.4. The Balaban J connectivity index is 0.000000106. The molecule has 10 aromatic rings. The van der Waals surface area contributed by atoms with E-state index in [0.29, 0.717) is 55.7 Å². The summed E-state index contributed by atoms with van der Waals surface area (Å²) in [5.41, 5.74) is 13.5. The van der Waals surface area contributed by atoms with Crippen LogP contribution in [0.15, 0.2) is 158 Å². The first-order valence-corrected chi connectivity index (χ1v) is 33.9. The molecule has 19 rings (SSSR count). The van der Waals surface area contributed by atoms with Crippen molar-refractivity contribution in [1.82, 2.24) is 34.4 Å². The fraction of sp³-hybridized carbons (Fsp3) is 0.278. The molecule has 1 saturated heterocycles. The highest BCUT2D eigenvalue weighted by Crippen LogP contribution is 2.43. The van der Waals surface area contributed by atoms with Crippen LogP contribution in [0.5, 0.6) is 92.0 Å². The maximum atomic E-state index is 9.66. The van der Waals surface area contributed by atoms with Crippen molar-refractivity contribution < 1.29 is 75.8 Å². The highest BCUT2D eigenvalue weighted by Gasteiger charge is 2.25. The number of likely N-dealkylation sites (N-methyl/N-ethyl adjacent to an activating group) is 2. The summed E-state index contributed by atoms with van der Waals surface area (Å²) < 4.78 is 88.5. The zero-order valence-corrected chi connectivity index (χ0v) is 57.3. The summed E-state index contributed by atoms with van der Waals surface area (Å²) in [6.07, 6.45) is 0. The van der Waals surface area contributed by atoms with Crippen LogP contribution in [0.2, 0.25) is 0 Å². The SMILES string of the molecule is CN(CCN(C)Cc1ccc2c(c1)OCO2)Cc1ccc2c(c1)OCO2.Cc1nc(-c2ccc3c(c2)OCO3)cc(-c2ccc3c(c2)OCO3)c1C#N.Cn1nc(-c2ccc3c(c2)OCO3)cc1-c1ccc2c(c1)OCO2.c1cc2c(cc1CN1CCN(Cc3ccc4c(c3)OCO4)CC1)OCO2. The van der Waals surface area contributed by atoms with Gasteiger partial charge >= 0.3 is 0 Å². The Hall–Kier alpha value is -11.8. The van der Waals surface area contributed by atoms with Crippen LogP contribution in [0.4, 0.5) is 0 Å². The number of ether oxygens (including phenoxy) is 16. The molecule has 0 unspecified atom stereocenters. The van der Waals surface area contributed by atoms with Crippen molar-refractivity contribution in [3.8, 4) is 143 Å². The van der Waals surface area contributed by atoms with Gasteiger partial charge in [-0.15, -0.1) is 0 Å². The summed E-state index contributed by atoms with van der Waals surface area (Å²) in [6.45, 7) is 14.0. The molecule has 0 aliphatic carbocycles. The zero-order chi connectivity index (χ0) is 69.8. The lowest BCUT2D eigenvalue weighted by Crippen LogP contribution is -2.45. The van der Waals surface area contributed by atoms with Crippen LogP contribution in [-0.4, -0.2) is 142 Å². The molecular formula is C79H74N8O16. The van der Waals surface area contributed by atoms with E-state index < -0.39 is 0 Å². The standard InChI is InChI=1S/C21H14N2O4.C20H22N2O4.C20H24N2O4.C18H14N2O4/c1-12-16(9-22)15(13-2-4-18-20(6-13)26-10-24-18)8-17(23-12)14-3-5-19-21(7-14)27-11-25-19;1-3-17-19(25-13-23-17)9-15(1)11-21-5-7-22(8-6-21)12-16-2-4-18-20(10-16)26-14-24-18;1-21(11-15-3-5-17-19(9-15)25-13-23-17)7-8-22(2)12-16-4-6-18-20(10-16)26-14-24-18;1-20-14(12-3-5-16-18(7-12)24-10-22-16)8-13(19-20)11-2-4-15-17(6-11)23-9-21-15/h2-8H,10-11H2,1H3;1-4,9-10H,5-8,11-14H2;3-6,9-10H,7-8,11-14H2,1-2H3;2-8H,9-10H2,1H3. The van der Waals surface area contributed by atoms with Gasteiger partial charge < -0.3 is 85.6 Å². The number of rotatable bonds is 15. The Kier molecular flexibility index (Phi) is 18.8. The molecule has 9 aliphatic rings. The van der Waals surface area contributed by atoms with E-state index in [2.05, 4.69) is 104 Å². The minimum Gasteiger partial charge on any atom is -0.454 e. The van der Waals surface area contributed by atoms with Crippen LogP contribution >= 0.6 is 0 Å². The van der Waals surface area contributed by atoms with Gasteiger partial charge in [-0.1, -0.05) is 30.3 Å². The number of hydrogen-bond acceptors (Lipinski definition) is 23. The van der Waals surface area contributed by atoms with Crippen LogP contribution in [0.25, 0.3) is 44.9 Å². The summed E-state index contributed by atoms with van der Waals surface area (Å²) >= 11 is 0. The van der Waals surface area contributed by atoms with E-state index in [1.54, 1.807) is 0 Å². The molecular weight excluding hydrogens is 1320 g/mol. The Morgan fingerprint density at radius 3 is 1.07 bits per heavy atom. The summed E-state index contributed by atoms with van der Waals surface area (Å²) in [6, 6.07) is 54.1. The van der Waals surface area contributed by atoms with E-state index in [-0.39, 0.29) is 27.2 Å². The maximum absolute atomic E-state index is 9.66. The molecule has 103 heavy (non-hydrogen) atoms. The highest BCUT2D eigenvalue weighted by molar-refractivity contribution is 5.79. The van der Waals surface area contributed by atoms with Crippen LogP contribution < -0.4 is 75.8 Å². The normalized spacial score (nSPS) is 15.3. The molecule has 0 bridgehead atoms. The summed E-state index contributed by atoms with van der Waals surface area (Å²) in [5.74, 6) is 12.6. The zero-order valence-electron chi connectivity index (χ0n) is 57.3. The monoisotopic (exact) mass is 1390 g/mol. The third kappa shape index (κ3) is 14.9. The predicted octanol–water partition coefficient (Wildman–Crippen LogP) is 12.4. The first-order chi connectivity index (χ1) is 50.5. The molecule has 0 spiro atoms. The number of nitriles is 1. The largest absolute Gasteiger partial charge is 0.454 e. The number of fused-ring (bicyclic) bond motifs is 8. The van der Waals surface area contributed by atoms with Crippen LogP contribution in [0.3, 0.4) is 0 Å². The minimum absolute atomic E-state index is 0.210. The lowest BCUT2D eigenvalue weighted by atomic mass is 9.96. The number of aryl methyl sites for hydroxylation is 2. The second-order valence-electron chi connectivity index (χ2n) is 25.7. The minimum atomic E-state index is 0.210. The lowest BCUT2D eigenvalue weighted by Gasteiger charge is -2.34. The van der Waals surface area contributed by atoms with E-state index in [0.717, 1.165) is 185 Å². The molecule has 24 heteroatoms. The van der Waals surface area contributed by atoms with Crippen molar-refractivity contribution in [3.63, 3.8) is 0 Å². The fourth-order valence-electron chi connectivity index (χ4n) is 13.2. The number of pyridine rings is 1. The molecule has 0 saturated carbocycles.